The minimum absolute atomic E-state index is 0.0313. The summed E-state index contributed by atoms with van der Waals surface area (Å²) in [6.07, 6.45) is 3.11. The smallest absolute Gasteiger partial charge is 0.300 e. The zero-order valence-corrected chi connectivity index (χ0v) is 15.5. The molecular formula is C23H17FN2O3. The van der Waals surface area contributed by atoms with Crippen LogP contribution in [0.5, 0.6) is 0 Å². The van der Waals surface area contributed by atoms with E-state index in [1.165, 1.54) is 35.4 Å². The lowest BCUT2D eigenvalue weighted by atomic mass is 9.96. The number of hydrogen-bond acceptors (Lipinski definition) is 4. The van der Waals surface area contributed by atoms with Gasteiger partial charge in [0.25, 0.3) is 11.7 Å². The summed E-state index contributed by atoms with van der Waals surface area (Å²) >= 11 is 0. The summed E-state index contributed by atoms with van der Waals surface area (Å²) in [7, 11) is 0. The fourth-order valence-corrected chi connectivity index (χ4v) is 3.42. The second kappa shape index (κ2) is 7.31. The lowest BCUT2D eigenvalue weighted by Crippen LogP contribution is -2.29. The van der Waals surface area contributed by atoms with E-state index in [9.17, 15) is 19.1 Å². The molecule has 6 heteroatoms. The quantitative estimate of drug-likeness (QED) is 0.416. The molecule has 1 aliphatic heterocycles. The van der Waals surface area contributed by atoms with Crippen molar-refractivity contribution in [3.63, 3.8) is 0 Å². The molecule has 1 saturated heterocycles. The molecule has 3 aromatic rings. The molecule has 1 amide bonds. The molecule has 4 rings (SSSR count). The number of anilines is 1. The molecule has 2 heterocycles. The van der Waals surface area contributed by atoms with Crippen LogP contribution in [0.2, 0.25) is 0 Å². The Morgan fingerprint density at radius 1 is 1.03 bits per heavy atom. The number of amides is 1. The summed E-state index contributed by atoms with van der Waals surface area (Å²) in [4.78, 5) is 31.2. The summed E-state index contributed by atoms with van der Waals surface area (Å²) in [6, 6.07) is 14.8. The van der Waals surface area contributed by atoms with Crippen LogP contribution in [0.1, 0.15) is 22.7 Å². The van der Waals surface area contributed by atoms with Crippen molar-refractivity contribution in [2.24, 2.45) is 0 Å². The molecule has 1 atom stereocenters. The Labute approximate surface area is 166 Å². The van der Waals surface area contributed by atoms with Gasteiger partial charge in [-0.1, -0.05) is 35.9 Å². The Morgan fingerprint density at radius 3 is 2.34 bits per heavy atom. The highest BCUT2D eigenvalue weighted by molar-refractivity contribution is 6.51. The first-order chi connectivity index (χ1) is 14.0. The molecule has 1 aromatic heterocycles. The molecule has 5 nitrogen and oxygen atoms in total. The molecule has 1 fully saturated rings. The molecule has 0 radical (unpaired) electrons. The second-order valence-electron chi connectivity index (χ2n) is 6.80. The third-order valence-electron chi connectivity index (χ3n) is 4.87. The van der Waals surface area contributed by atoms with Gasteiger partial charge in [0, 0.05) is 23.6 Å². The number of Topliss-reactive ketones (excluding diaryl/α,β-unsaturated/α-hetero) is 1. The fourth-order valence-electron chi connectivity index (χ4n) is 3.42. The Kier molecular flexibility index (Phi) is 4.68. The van der Waals surface area contributed by atoms with Gasteiger partial charge in [-0.2, -0.15) is 0 Å². The number of carbonyl (C=O) groups is 2. The number of nitrogens with zero attached hydrogens (tertiary/aromatic N) is 2. The normalized spacial score (nSPS) is 18.3. The van der Waals surface area contributed by atoms with Crippen molar-refractivity contribution >= 4 is 23.1 Å². The summed E-state index contributed by atoms with van der Waals surface area (Å²) < 4.78 is 13.4. The van der Waals surface area contributed by atoms with Crippen LogP contribution >= 0.6 is 0 Å². The van der Waals surface area contributed by atoms with Crippen molar-refractivity contribution in [1.29, 1.82) is 0 Å². The van der Waals surface area contributed by atoms with E-state index >= 15 is 0 Å². The molecule has 144 valence electrons. The fraction of sp³-hybridized carbons (Fsp3) is 0.0870. The first-order valence-corrected chi connectivity index (χ1v) is 9.01. The third-order valence-corrected chi connectivity index (χ3v) is 4.87. The number of ketones is 1. The van der Waals surface area contributed by atoms with Gasteiger partial charge in [0.05, 0.1) is 11.6 Å². The van der Waals surface area contributed by atoms with Crippen LogP contribution < -0.4 is 4.90 Å². The summed E-state index contributed by atoms with van der Waals surface area (Å²) in [6.45, 7) is 1.91. The Balaban J connectivity index is 1.93. The van der Waals surface area contributed by atoms with Crippen LogP contribution in [0.3, 0.4) is 0 Å². The Morgan fingerprint density at radius 2 is 1.72 bits per heavy atom. The number of aromatic nitrogens is 1. The van der Waals surface area contributed by atoms with E-state index in [4.69, 9.17) is 0 Å². The number of rotatable bonds is 3. The van der Waals surface area contributed by atoms with E-state index in [1.807, 2.05) is 19.1 Å². The van der Waals surface area contributed by atoms with Crippen molar-refractivity contribution in [2.45, 2.75) is 13.0 Å². The SMILES string of the molecule is Cc1ccc(/C(O)=C2/C(=O)C(=O)N(c3ccc(F)cc3)C2c2cccnc2)cc1. The van der Waals surface area contributed by atoms with Crippen molar-refractivity contribution in [2.75, 3.05) is 4.90 Å². The number of halogens is 1. The molecule has 0 aliphatic carbocycles. The highest BCUT2D eigenvalue weighted by atomic mass is 19.1. The number of aryl methyl sites for hydroxylation is 1. The van der Waals surface area contributed by atoms with E-state index in [2.05, 4.69) is 4.98 Å². The van der Waals surface area contributed by atoms with E-state index < -0.39 is 23.5 Å². The molecule has 29 heavy (non-hydrogen) atoms. The first kappa shape index (κ1) is 18.6. The maximum absolute atomic E-state index is 13.4. The van der Waals surface area contributed by atoms with Crippen LogP contribution in [0.4, 0.5) is 10.1 Å². The van der Waals surface area contributed by atoms with E-state index in [1.54, 1.807) is 30.5 Å². The van der Waals surface area contributed by atoms with Gasteiger partial charge < -0.3 is 5.11 Å². The minimum Gasteiger partial charge on any atom is -0.507 e. The Hall–Kier alpha value is -3.80. The van der Waals surface area contributed by atoms with E-state index in [-0.39, 0.29) is 11.3 Å². The topological polar surface area (TPSA) is 70.5 Å². The average molecular weight is 388 g/mol. The van der Waals surface area contributed by atoms with Gasteiger partial charge in [-0.05, 0) is 42.8 Å². The predicted molar refractivity (Wildman–Crippen MR) is 107 cm³/mol. The highest BCUT2D eigenvalue weighted by Crippen LogP contribution is 2.41. The van der Waals surface area contributed by atoms with Crippen molar-refractivity contribution in [3.05, 3.63) is 101 Å². The zero-order valence-electron chi connectivity index (χ0n) is 15.5. The Bertz CT molecular complexity index is 1110. The predicted octanol–water partition coefficient (Wildman–Crippen LogP) is 4.16. The minimum atomic E-state index is -0.879. The first-order valence-electron chi connectivity index (χ1n) is 9.01. The summed E-state index contributed by atoms with van der Waals surface area (Å²) in [5, 5.41) is 10.9. The van der Waals surface area contributed by atoms with Gasteiger partial charge in [-0.25, -0.2) is 4.39 Å². The molecule has 0 spiro atoms. The molecule has 1 aliphatic rings. The van der Waals surface area contributed by atoms with Crippen molar-refractivity contribution in [3.8, 4) is 0 Å². The van der Waals surface area contributed by atoms with Crippen LogP contribution in [0, 0.1) is 12.7 Å². The van der Waals surface area contributed by atoms with Crippen LogP contribution in [-0.4, -0.2) is 21.8 Å². The van der Waals surface area contributed by atoms with Gasteiger partial charge in [-0.15, -0.1) is 0 Å². The summed E-state index contributed by atoms with van der Waals surface area (Å²) in [5.74, 6) is -2.31. The third kappa shape index (κ3) is 3.29. The van der Waals surface area contributed by atoms with Crippen LogP contribution in [0.15, 0.2) is 78.6 Å². The maximum atomic E-state index is 13.4. The number of aliphatic hydroxyl groups excluding tert-OH is 1. The van der Waals surface area contributed by atoms with Gasteiger partial charge in [0.15, 0.2) is 0 Å². The van der Waals surface area contributed by atoms with Gasteiger partial charge >= 0.3 is 0 Å². The van der Waals surface area contributed by atoms with Crippen molar-refractivity contribution in [1.82, 2.24) is 4.98 Å². The van der Waals surface area contributed by atoms with E-state index in [0.29, 0.717) is 16.8 Å². The molecule has 1 N–H and O–H groups in total. The van der Waals surface area contributed by atoms with Crippen molar-refractivity contribution < 1.29 is 19.1 Å². The van der Waals surface area contributed by atoms with Crippen LogP contribution in [0.25, 0.3) is 5.76 Å². The van der Waals surface area contributed by atoms with Crippen LogP contribution in [-0.2, 0) is 9.59 Å². The maximum Gasteiger partial charge on any atom is 0.300 e. The van der Waals surface area contributed by atoms with Gasteiger partial charge in [-0.3, -0.25) is 19.5 Å². The lowest BCUT2D eigenvalue weighted by molar-refractivity contribution is -0.132. The average Bonchev–Trinajstić information content (AvgIpc) is 3.00. The number of carbonyl (C=O) groups excluding carboxylic acids is 2. The standard InChI is InChI=1S/C23H17FN2O3/c1-14-4-6-15(7-5-14)21(27)19-20(16-3-2-12-25-13-16)26(23(29)22(19)28)18-10-8-17(24)9-11-18/h2-13,20,27H,1H3/b21-19-. The summed E-state index contributed by atoms with van der Waals surface area (Å²) in [5.41, 5.74) is 2.31. The van der Waals surface area contributed by atoms with Gasteiger partial charge in [0.1, 0.15) is 11.6 Å². The van der Waals surface area contributed by atoms with Gasteiger partial charge in [0.2, 0.25) is 0 Å². The molecule has 2 aromatic carbocycles. The lowest BCUT2D eigenvalue weighted by Gasteiger charge is -2.25. The van der Waals surface area contributed by atoms with E-state index in [0.717, 1.165) is 5.56 Å². The monoisotopic (exact) mass is 388 g/mol. The molecule has 0 bridgehead atoms. The largest absolute Gasteiger partial charge is 0.507 e. The number of pyridine rings is 1. The zero-order chi connectivity index (χ0) is 20.5. The number of aliphatic hydroxyl groups is 1. The second-order valence-corrected chi connectivity index (χ2v) is 6.80. The molecule has 0 saturated carbocycles. The highest BCUT2D eigenvalue weighted by Gasteiger charge is 2.47. The molecule has 1 unspecified atom stereocenters. The number of benzene rings is 2. The number of hydrogen-bond donors (Lipinski definition) is 1. The molecular weight excluding hydrogens is 371 g/mol.